The number of benzene rings is 1. The van der Waals surface area contributed by atoms with Gasteiger partial charge in [0.2, 0.25) is 0 Å². The molecule has 0 saturated carbocycles. The maximum absolute atomic E-state index is 11.4. The van der Waals surface area contributed by atoms with Crippen LogP contribution in [0.4, 0.5) is 4.79 Å². The number of imide groups is 1. The van der Waals surface area contributed by atoms with E-state index in [0.29, 0.717) is 11.3 Å². The molecule has 0 bridgehead atoms. The van der Waals surface area contributed by atoms with Gasteiger partial charge in [-0.05, 0) is 23.9 Å². The fourth-order valence-corrected chi connectivity index (χ4v) is 2.11. The van der Waals surface area contributed by atoms with Crippen molar-refractivity contribution in [2.24, 2.45) is 0 Å². The molecule has 1 aromatic carbocycles. The molecule has 2 rings (SSSR count). The van der Waals surface area contributed by atoms with E-state index in [1.54, 1.807) is 24.3 Å². The maximum Gasteiger partial charge on any atom is 0.341 e. The normalized spacial score (nSPS) is 16.5. The molecule has 19 heavy (non-hydrogen) atoms. The first-order chi connectivity index (χ1) is 9.06. The molecule has 0 aliphatic carbocycles. The first kappa shape index (κ1) is 13.2. The number of para-hydroxylation sites is 1. The second-order valence-electron chi connectivity index (χ2n) is 3.57. The van der Waals surface area contributed by atoms with Crippen molar-refractivity contribution in [1.29, 1.82) is 0 Å². The van der Waals surface area contributed by atoms with Crippen LogP contribution in [0.15, 0.2) is 29.2 Å². The molecule has 2 N–H and O–H groups in total. The van der Waals surface area contributed by atoms with Crippen molar-refractivity contribution in [2.45, 2.75) is 0 Å². The minimum absolute atomic E-state index is 0.247. The van der Waals surface area contributed by atoms with Gasteiger partial charge < -0.3 is 9.84 Å². The molecular weight excluding hydrogens is 270 g/mol. The summed E-state index contributed by atoms with van der Waals surface area (Å²) in [6.45, 7) is -0.474. The number of hydrogen-bond acceptors (Lipinski definition) is 5. The van der Waals surface area contributed by atoms with Crippen molar-refractivity contribution in [3.05, 3.63) is 34.7 Å². The highest BCUT2D eigenvalue weighted by molar-refractivity contribution is 8.18. The number of carboxylic acid groups (broad SMARTS) is 1. The van der Waals surface area contributed by atoms with Gasteiger partial charge in [-0.25, -0.2) is 4.79 Å². The van der Waals surface area contributed by atoms with Crippen LogP contribution in [0, 0.1) is 0 Å². The topological polar surface area (TPSA) is 92.7 Å². The molecule has 0 radical (unpaired) electrons. The average Bonchev–Trinajstić information content (AvgIpc) is 2.67. The Kier molecular flexibility index (Phi) is 3.86. The first-order valence-corrected chi connectivity index (χ1v) is 6.06. The minimum Gasteiger partial charge on any atom is -0.481 e. The van der Waals surface area contributed by atoms with Crippen molar-refractivity contribution in [3.63, 3.8) is 0 Å². The number of carboxylic acids is 1. The SMILES string of the molecule is O=C(O)COc1ccccc1C=C1SC(=O)NC1=O. The molecule has 7 heteroatoms. The van der Waals surface area contributed by atoms with Crippen LogP contribution in [0.3, 0.4) is 0 Å². The molecule has 1 aromatic rings. The second kappa shape index (κ2) is 5.57. The first-order valence-electron chi connectivity index (χ1n) is 5.25. The van der Waals surface area contributed by atoms with Gasteiger partial charge in [0, 0.05) is 5.56 Å². The van der Waals surface area contributed by atoms with E-state index in [4.69, 9.17) is 9.84 Å². The van der Waals surface area contributed by atoms with E-state index >= 15 is 0 Å². The zero-order valence-corrected chi connectivity index (χ0v) is 10.4. The Morgan fingerprint density at radius 3 is 2.74 bits per heavy atom. The Bertz CT molecular complexity index is 581. The van der Waals surface area contributed by atoms with Crippen molar-refractivity contribution in [3.8, 4) is 5.75 Å². The fourth-order valence-electron chi connectivity index (χ4n) is 1.43. The molecule has 1 fully saturated rings. The number of hydrogen-bond donors (Lipinski definition) is 2. The molecule has 98 valence electrons. The lowest BCUT2D eigenvalue weighted by molar-refractivity contribution is -0.139. The lowest BCUT2D eigenvalue weighted by Gasteiger charge is -2.06. The van der Waals surface area contributed by atoms with E-state index in [0.717, 1.165) is 11.8 Å². The molecule has 0 unspecified atom stereocenters. The van der Waals surface area contributed by atoms with E-state index in [9.17, 15) is 14.4 Å². The lowest BCUT2D eigenvalue weighted by Crippen LogP contribution is -2.17. The van der Waals surface area contributed by atoms with Gasteiger partial charge in [-0.2, -0.15) is 0 Å². The van der Waals surface area contributed by atoms with E-state index in [1.807, 2.05) is 0 Å². The maximum atomic E-state index is 11.4. The van der Waals surface area contributed by atoms with Gasteiger partial charge >= 0.3 is 5.97 Å². The highest BCUT2D eigenvalue weighted by atomic mass is 32.2. The Hall–Kier alpha value is -2.28. The number of amides is 2. The molecule has 6 nitrogen and oxygen atoms in total. The van der Waals surface area contributed by atoms with Gasteiger partial charge in [-0.3, -0.25) is 14.9 Å². The molecule has 2 amide bonds. The number of aliphatic carboxylic acids is 1. The average molecular weight is 279 g/mol. The molecule has 1 aliphatic rings. The summed E-state index contributed by atoms with van der Waals surface area (Å²) < 4.78 is 5.10. The van der Waals surface area contributed by atoms with Crippen LogP contribution < -0.4 is 10.1 Å². The van der Waals surface area contributed by atoms with Crippen molar-refractivity contribution in [1.82, 2.24) is 5.32 Å². The number of carbonyl (C=O) groups is 3. The third-order valence-electron chi connectivity index (χ3n) is 2.20. The minimum atomic E-state index is -1.09. The number of nitrogens with one attached hydrogen (secondary N) is 1. The Morgan fingerprint density at radius 2 is 2.11 bits per heavy atom. The van der Waals surface area contributed by atoms with Crippen LogP contribution in [0.1, 0.15) is 5.56 Å². The summed E-state index contributed by atoms with van der Waals surface area (Å²) in [6.07, 6.45) is 1.49. The fraction of sp³-hybridized carbons (Fsp3) is 0.0833. The zero-order chi connectivity index (χ0) is 13.8. The van der Waals surface area contributed by atoms with Gasteiger partial charge in [0.1, 0.15) is 5.75 Å². The summed E-state index contributed by atoms with van der Waals surface area (Å²) in [5, 5.41) is 10.3. The van der Waals surface area contributed by atoms with Crippen molar-refractivity contribution in [2.75, 3.05) is 6.61 Å². The summed E-state index contributed by atoms with van der Waals surface area (Å²) in [4.78, 5) is 33.2. The summed E-state index contributed by atoms with van der Waals surface area (Å²) >= 11 is 0.791. The second-order valence-corrected chi connectivity index (χ2v) is 4.59. The number of thioether (sulfide) groups is 1. The number of carbonyl (C=O) groups excluding carboxylic acids is 2. The quantitative estimate of drug-likeness (QED) is 0.811. The van der Waals surface area contributed by atoms with Crippen LogP contribution in [0.5, 0.6) is 5.75 Å². The largest absolute Gasteiger partial charge is 0.481 e. The van der Waals surface area contributed by atoms with Gasteiger partial charge in [0.25, 0.3) is 11.1 Å². The molecule has 0 spiro atoms. The van der Waals surface area contributed by atoms with E-state index < -0.39 is 23.7 Å². The number of ether oxygens (including phenoxy) is 1. The number of rotatable bonds is 4. The molecule has 0 atom stereocenters. The van der Waals surface area contributed by atoms with Gasteiger partial charge in [0.05, 0.1) is 4.91 Å². The molecule has 0 aromatic heterocycles. The summed E-state index contributed by atoms with van der Waals surface area (Å²) in [6, 6.07) is 6.67. The van der Waals surface area contributed by atoms with Crippen LogP contribution in [-0.2, 0) is 9.59 Å². The van der Waals surface area contributed by atoms with E-state index in [1.165, 1.54) is 6.08 Å². The highest BCUT2D eigenvalue weighted by Gasteiger charge is 2.25. The zero-order valence-electron chi connectivity index (χ0n) is 9.58. The Labute approximate surface area is 112 Å². The monoisotopic (exact) mass is 279 g/mol. The van der Waals surface area contributed by atoms with Gasteiger partial charge in [0.15, 0.2) is 6.61 Å². The smallest absolute Gasteiger partial charge is 0.341 e. The summed E-state index contributed by atoms with van der Waals surface area (Å²) in [5.41, 5.74) is 0.538. The molecule has 1 aliphatic heterocycles. The predicted molar refractivity (Wildman–Crippen MR) is 68.7 cm³/mol. The van der Waals surface area contributed by atoms with Gasteiger partial charge in [-0.1, -0.05) is 18.2 Å². The summed E-state index contributed by atoms with van der Waals surface area (Å²) in [7, 11) is 0. The van der Waals surface area contributed by atoms with Crippen LogP contribution in [0.25, 0.3) is 6.08 Å². The Balaban J connectivity index is 2.25. The van der Waals surface area contributed by atoms with Crippen LogP contribution in [0.2, 0.25) is 0 Å². The third-order valence-corrected chi connectivity index (χ3v) is 3.01. The van der Waals surface area contributed by atoms with Gasteiger partial charge in [-0.15, -0.1) is 0 Å². The van der Waals surface area contributed by atoms with E-state index in [-0.39, 0.29) is 4.91 Å². The summed E-state index contributed by atoms with van der Waals surface area (Å²) in [5.74, 6) is -1.22. The molecule has 1 heterocycles. The van der Waals surface area contributed by atoms with E-state index in [2.05, 4.69) is 5.32 Å². The van der Waals surface area contributed by atoms with Crippen molar-refractivity contribution < 1.29 is 24.2 Å². The standard InChI is InChI=1S/C12H9NO5S/c14-10(15)6-18-8-4-2-1-3-7(8)5-9-11(16)13-12(17)19-9/h1-5H,6H2,(H,14,15)(H,13,16,17). The predicted octanol–water partition coefficient (Wildman–Crippen LogP) is 1.47. The highest BCUT2D eigenvalue weighted by Crippen LogP contribution is 2.28. The lowest BCUT2D eigenvalue weighted by atomic mass is 10.2. The van der Waals surface area contributed by atoms with Crippen LogP contribution >= 0.6 is 11.8 Å². The third kappa shape index (κ3) is 3.35. The van der Waals surface area contributed by atoms with Crippen molar-refractivity contribution >= 4 is 35.0 Å². The van der Waals surface area contributed by atoms with Crippen LogP contribution in [-0.4, -0.2) is 28.8 Å². The molecular formula is C12H9NO5S. The Morgan fingerprint density at radius 1 is 1.37 bits per heavy atom. The molecule has 1 saturated heterocycles.